The molecule has 0 spiro atoms. The third kappa shape index (κ3) is 4.58. The molecule has 0 aromatic carbocycles. The predicted molar refractivity (Wildman–Crippen MR) is 59.3 cm³/mol. The second-order valence-electron chi connectivity index (χ2n) is 3.82. The highest BCUT2D eigenvalue weighted by Gasteiger charge is 2.17. The predicted octanol–water partition coefficient (Wildman–Crippen LogP) is 4.52. The lowest BCUT2D eigenvalue weighted by Gasteiger charge is -2.25. The fourth-order valence-electron chi connectivity index (χ4n) is 1.66. The van der Waals surface area contributed by atoms with Crippen molar-refractivity contribution in [1.29, 1.82) is 0 Å². The molecule has 0 unspecified atom stereocenters. The molecular weight excluding hydrogens is 144 g/mol. The first-order valence-electron chi connectivity index (χ1n) is 4.74. The van der Waals surface area contributed by atoms with Crippen LogP contribution in [0.4, 0.5) is 0 Å². The van der Waals surface area contributed by atoms with Crippen LogP contribution in [0.2, 0.25) is 0 Å². The molecule has 0 amide bonds. The van der Waals surface area contributed by atoms with Gasteiger partial charge in [-0.05, 0) is 24.2 Å². The van der Waals surface area contributed by atoms with Crippen molar-refractivity contribution < 1.29 is 0 Å². The molecule has 74 valence electrons. The minimum atomic E-state index is 0. The van der Waals surface area contributed by atoms with Gasteiger partial charge in [0.05, 0.1) is 0 Å². The Kier molecular flexibility index (Phi) is 8.79. The SMILES string of the molecule is C.C=CC[C@H](C(C)C)[C@@H](C)CC. The minimum absolute atomic E-state index is 0. The van der Waals surface area contributed by atoms with E-state index in [1.54, 1.807) is 0 Å². The Bertz CT molecular complexity index is 103. The van der Waals surface area contributed by atoms with Crippen LogP contribution < -0.4 is 0 Å². The van der Waals surface area contributed by atoms with E-state index in [1.165, 1.54) is 12.8 Å². The van der Waals surface area contributed by atoms with Crippen molar-refractivity contribution >= 4 is 0 Å². The van der Waals surface area contributed by atoms with Crippen LogP contribution in [0.15, 0.2) is 12.7 Å². The molecule has 0 radical (unpaired) electrons. The summed E-state index contributed by atoms with van der Waals surface area (Å²) in [5, 5.41) is 0. The van der Waals surface area contributed by atoms with E-state index < -0.39 is 0 Å². The monoisotopic (exact) mass is 170 g/mol. The van der Waals surface area contributed by atoms with E-state index in [9.17, 15) is 0 Å². The molecule has 0 aromatic rings. The summed E-state index contributed by atoms with van der Waals surface area (Å²) >= 11 is 0. The normalized spacial score (nSPS) is 15.1. The van der Waals surface area contributed by atoms with E-state index in [0.29, 0.717) is 0 Å². The van der Waals surface area contributed by atoms with Gasteiger partial charge in [0, 0.05) is 0 Å². The molecule has 12 heavy (non-hydrogen) atoms. The summed E-state index contributed by atoms with van der Waals surface area (Å²) < 4.78 is 0. The van der Waals surface area contributed by atoms with Gasteiger partial charge in [0.15, 0.2) is 0 Å². The van der Waals surface area contributed by atoms with Crippen LogP contribution in [-0.4, -0.2) is 0 Å². The Morgan fingerprint density at radius 2 is 1.75 bits per heavy atom. The molecule has 0 saturated heterocycles. The van der Waals surface area contributed by atoms with Gasteiger partial charge in [0.2, 0.25) is 0 Å². The van der Waals surface area contributed by atoms with Gasteiger partial charge >= 0.3 is 0 Å². The topological polar surface area (TPSA) is 0 Å². The van der Waals surface area contributed by atoms with Crippen LogP contribution in [0.1, 0.15) is 48.0 Å². The Labute approximate surface area is 79.1 Å². The lowest BCUT2D eigenvalue weighted by atomic mass is 9.81. The van der Waals surface area contributed by atoms with Crippen LogP contribution in [0, 0.1) is 17.8 Å². The molecule has 0 nitrogen and oxygen atoms in total. The first kappa shape index (κ1) is 14.3. The fourth-order valence-corrected chi connectivity index (χ4v) is 1.66. The molecule has 0 saturated carbocycles. The maximum absolute atomic E-state index is 3.80. The van der Waals surface area contributed by atoms with Gasteiger partial charge < -0.3 is 0 Å². The standard InChI is InChI=1S/C11H22.CH4/c1-6-8-11(9(3)4)10(5)7-2;/h6,9-11H,1,7-8H2,2-5H3;1H4/t10-,11+;/m0./s1. The Hall–Kier alpha value is -0.260. The zero-order chi connectivity index (χ0) is 8.85. The maximum Gasteiger partial charge on any atom is -0.0320 e. The van der Waals surface area contributed by atoms with E-state index in [4.69, 9.17) is 0 Å². The zero-order valence-electron chi connectivity index (χ0n) is 8.43. The molecule has 0 aliphatic carbocycles. The molecular formula is C12H26. The second-order valence-corrected chi connectivity index (χ2v) is 3.82. The van der Waals surface area contributed by atoms with Gasteiger partial charge in [-0.2, -0.15) is 0 Å². The molecule has 0 aliphatic rings. The summed E-state index contributed by atoms with van der Waals surface area (Å²) in [5.41, 5.74) is 0. The van der Waals surface area contributed by atoms with Crippen molar-refractivity contribution in [2.45, 2.75) is 48.0 Å². The number of hydrogen-bond acceptors (Lipinski definition) is 0. The highest BCUT2D eigenvalue weighted by atomic mass is 14.2. The van der Waals surface area contributed by atoms with Crippen molar-refractivity contribution in [2.24, 2.45) is 17.8 Å². The summed E-state index contributed by atoms with van der Waals surface area (Å²) in [6, 6.07) is 0. The van der Waals surface area contributed by atoms with Gasteiger partial charge in [0.1, 0.15) is 0 Å². The summed E-state index contributed by atoms with van der Waals surface area (Å²) in [7, 11) is 0. The van der Waals surface area contributed by atoms with Crippen molar-refractivity contribution in [3.8, 4) is 0 Å². The van der Waals surface area contributed by atoms with Gasteiger partial charge in [0.25, 0.3) is 0 Å². The molecule has 0 N–H and O–H groups in total. The van der Waals surface area contributed by atoms with Gasteiger partial charge in [-0.25, -0.2) is 0 Å². The molecule has 0 heterocycles. The van der Waals surface area contributed by atoms with Gasteiger partial charge in [-0.15, -0.1) is 6.58 Å². The van der Waals surface area contributed by atoms with Crippen molar-refractivity contribution in [1.82, 2.24) is 0 Å². The smallest absolute Gasteiger partial charge is 0.0320 e. The summed E-state index contributed by atoms with van der Waals surface area (Å²) in [6.45, 7) is 13.0. The number of allylic oxidation sites excluding steroid dienone is 1. The highest BCUT2D eigenvalue weighted by molar-refractivity contribution is 4.78. The fraction of sp³-hybridized carbons (Fsp3) is 0.833. The molecule has 2 atom stereocenters. The van der Waals surface area contributed by atoms with Crippen molar-refractivity contribution in [3.63, 3.8) is 0 Å². The quantitative estimate of drug-likeness (QED) is 0.532. The summed E-state index contributed by atoms with van der Waals surface area (Å²) in [5.74, 6) is 2.47. The Morgan fingerprint density at radius 1 is 1.25 bits per heavy atom. The maximum atomic E-state index is 3.80. The lowest BCUT2D eigenvalue weighted by molar-refractivity contribution is 0.267. The van der Waals surface area contributed by atoms with Crippen LogP contribution in [0.5, 0.6) is 0 Å². The Balaban J connectivity index is 0. The Morgan fingerprint density at radius 3 is 2.00 bits per heavy atom. The zero-order valence-corrected chi connectivity index (χ0v) is 8.43. The van der Waals surface area contributed by atoms with Crippen LogP contribution in [0.25, 0.3) is 0 Å². The third-order valence-corrected chi connectivity index (χ3v) is 2.67. The summed E-state index contributed by atoms with van der Waals surface area (Å²) in [6.07, 6.45) is 4.51. The van der Waals surface area contributed by atoms with Gasteiger partial charge in [-0.1, -0.05) is 47.6 Å². The largest absolute Gasteiger partial charge is 0.103 e. The molecule has 0 aromatic heterocycles. The van der Waals surface area contributed by atoms with Crippen molar-refractivity contribution in [2.75, 3.05) is 0 Å². The first-order chi connectivity index (χ1) is 5.13. The molecule has 0 aliphatic heterocycles. The number of hydrogen-bond donors (Lipinski definition) is 0. The lowest BCUT2D eigenvalue weighted by Crippen LogP contribution is -2.16. The van der Waals surface area contributed by atoms with Crippen molar-refractivity contribution in [3.05, 3.63) is 12.7 Å². The van der Waals surface area contributed by atoms with Crippen LogP contribution >= 0.6 is 0 Å². The third-order valence-electron chi connectivity index (χ3n) is 2.67. The minimum Gasteiger partial charge on any atom is -0.103 e. The average Bonchev–Trinajstić information content (AvgIpc) is 1.98. The van der Waals surface area contributed by atoms with Gasteiger partial charge in [-0.3, -0.25) is 0 Å². The molecule has 0 heteroatoms. The van der Waals surface area contributed by atoms with Crippen LogP contribution in [0.3, 0.4) is 0 Å². The first-order valence-corrected chi connectivity index (χ1v) is 4.74. The molecule has 0 bridgehead atoms. The van der Waals surface area contributed by atoms with E-state index in [1.807, 2.05) is 0 Å². The van der Waals surface area contributed by atoms with E-state index in [-0.39, 0.29) is 7.43 Å². The van der Waals surface area contributed by atoms with Crippen LogP contribution in [-0.2, 0) is 0 Å². The van der Waals surface area contributed by atoms with E-state index in [0.717, 1.165) is 17.8 Å². The summed E-state index contributed by atoms with van der Waals surface area (Å²) in [4.78, 5) is 0. The second kappa shape index (κ2) is 7.39. The number of rotatable bonds is 5. The molecule has 0 rings (SSSR count). The average molecular weight is 170 g/mol. The van der Waals surface area contributed by atoms with E-state index >= 15 is 0 Å². The van der Waals surface area contributed by atoms with E-state index in [2.05, 4.69) is 40.3 Å². The molecule has 0 fully saturated rings. The highest BCUT2D eigenvalue weighted by Crippen LogP contribution is 2.26.